The van der Waals surface area contributed by atoms with Crippen molar-refractivity contribution in [2.24, 2.45) is 5.90 Å². The predicted octanol–water partition coefficient (Wildman–Crippen LogP) is 2.49. The molecule has 0 bridgehead atoms. The Hall–Kier alpha value is -0.780. The molecule has 0 saturated heterocycles. The third-order valence-electron chi connectivity index (χ3n) is 3.50. The first kappa shape index (κ1) is 12.3. The molecule has 2 aliphatic heterocycles. The van der Waals surface area contributed by atoms with Crippen LogP contribution in [0.4, 0.5) is 0 Å². The lowest BCUT2D eigenvalue weighted by atomic mass is 9.98. The van der Waals surface area contributed by atoms with Crippen LogP contribution in [0.2, 0.25) is 0 Å². The molecule has 2 unspecified atom stereocenters. The van der Waals surface area contributed by atoms with Crippen LogP contribution in [0.3, 0.4) is 0 Å². The Kier molecular flexibility index (Phi) is 3.00. The maximum absolute atomic E-state index is 5.91. The number of fused-ring (bicyclic) bond motifs is 2. The van der Waals surface area contributed by atoms with Crippen LogP contribution in [0, 0.1) is 0 Å². The Labute approximate surface area is 114 Å². The lowest BCUT2D eigenvalue weighted by Gasteiger charge is -2.14. The molecule has 2 atom stereocenters. The average molecular weight is 314 g/mol. The molecular formula is C13H16BrNO3. The van der Waals surface area contributed by atoms with Gasteiger partial charge in [0.15, 0.2) is 0 Å². The molecule has 18 heavy (non-hydrogen) atoms. The zero-order valence-electron chi connectivity index (χ0n) is 10.5. The third kappa shape index (κ3) is 1.73. The smallest absolute Gasteiger partial charge is 0.138 e. The zero-order valence-corrected chi connectivity index (χ0v) is 12.0. The summed E-state index contributed by atoms with van der Waals surface area (Å²) in [6.07, 6.45) is 2.14. The first-order valence-electron chi connectivity index (χ1n) is 6.12. The highest BCUT2D eigenvalue weighted by atomic mass is 79.9. The molecule has 3 rings (SSSR count). The van der Waals surface area contributed by atoms with Crippen molar-refractivity contribution >= 4 is 15.9 Å². The number of halogens is 1. The largest absolute Gasteiger partial charge is 0.490 e. The number of hydrogen-bond donors (Lipinski definition) is 1. The number of hydrogen-bond acceptors (Lipinski definition) is 4. The summed E-state index contributed by atoms with van der Waals surface area (Å²) in [5.41, 5.74) is 3.37. The van der Waals surface area contributed by atoms with Crippen LogP contribution in [0.5, 0.6) is 11.5 Å². The lowest BCUT2D eigenvalue weighted by molar-refractivity contribution is 0.120. The standard InChI is InChI=1S/C13H16BrNO3/c1-6-3-8-10(5-16-15)12-9(4-7(2)17-12)11(14)13(8)18-6/h6-7H,3-5,15H2,1-2H3. The van der Waals surface area contributed by atoms with Crippen LogP contribution in [0.25, 0.3) is 0 Å². The molecule has 0 aliphatic carbocycles. The second kappa shape index (κ2) is 4.40. The van der Waals surface area contributed by atoms with Crippen LogP contribution in [0.1, 0.15) is 30.5 Å². The molecule has 0 aromatic heterocycles. The highest BCUT2D eigenvalue weighted by Crippen LogP contribution is 2.49. The second-order valence-electron chi connectivity index (χ2n) is 4.98. The van der Waals surface area contributed by atoms with Crippen molar-refractivity contribution in [1.82, 2.24) is 0 Å². The molecule has 1 aromatic rings. The van der Waals surface area contributed by atoms with Gasteiger partial charge in [0.05, 0.1) is 11.1 Å². The van der Waals surface area contributed by atoms with E-state index in [4.69, 9.17) is 20.2 Å². The minimum absolute atomic E-state index is 0.188. The third-order valence-corrected chi connectivity index (χ3v) is 4.34. The summed E-state index contributed by atoms with van der Waals surface area (Å²) >= 11 is 3.65. The van der Waals surface area contributed by atoms with E-state index in [1.165, 1.54) is 5.56 Å². The minimum Gasteiger partial charge on any atom is -0.490 e. The molecule has 0 fully saturated rings. The van der Waals surface area contributed by atoms with E-state index in [9.17, 15) is 0 Å². The van der Waals surface area contributed by atoms with Gasteiger partial charge in [-0.25, -0.2) is 5.90 Å². The van der Waals surface area contributed by atoms with E-state index in [2.05, 4.69) is 29.8 Å². The van der Waals surface area contributed by atoms with Crippen LogP contribution in [-0.2, 0) is 24.3 Å². The fourth-order valence-corrected chi connectivity index (χ4v) is 3.46. The molecule has 0 spiro atoms. The Balaban J connectivity index is 2.19. The second-order valence-corrected chi connectivity index (χ2v) is 5.78. The van der Waals surface area contributed by atoms with Crippen molar-refractivity contribution in [2.45, 2.75) is 45.5 Å². The van der Waals surface area contributed by atoms with Gasteiger partial charge in [0, 0.05) is 29.5 Å². The molecule has 2 heterocycles. The van der Waals surface area contributed by atoms with Crippen LogP contribution in [0.15, 0.2) is 4.47 Å². The van der Waals surface area contributed by atoms with E-state index in [0.29, 0.717) is 6.61 Å². The van der Waals surface area contributed by atoms with Crippen molar-refractivity contribution < 1.29 is 14.3 Å². The van der Waals surface area contributed by atoms with E-state index in [1.54, 1.807) is 0 Å². The maximum Gasteiger partial charge on any atom is 0.138 e. The normalized spacial score (nSPS) is 24.4. The summed E-state index contributed by atoms with van der Waals surface area (Å²) in [5, 5.41) is 0. The van der Waals surface area contributed by atoms with Gasteiger partial charge in [0.2, 0.25) is 0 Å². The van der Waals surface area contributed by atoms with Gasteiger partial charge in [-0.05, 0) is 29.8 Å². The first-order valence-corrected chi connectivity index (χ1v) is 6.92. The van der Waals surface area contributed by atoms with E-state index >= 15 is 0 Å². The summed E-state index contributed by atoms with van der Waals surface area (Å²) < 4.78 is 12.8. The predicted molar refractivity (Wildman–Crippen MR) is 70.7 cm³/mol. The number of benzene rings is 1. The fraction of sp³-hybridized carbons (Fsp3) is 0.538. The summed E-state index contributed by atoms with van der Waals surface area (Å²) in [6.45, 7) is 4.49. The Bertz CT molecular complexity index is 464. The van der Waals surface area contributed by atoms with Gasteiger partial charge in [0.1, 0.15) is 23.7 Å². The SMILES string of the molecule is CC1Cc2c(CON)c3c(c(Br)c2O1)CC(C)O3. The van der Waals surface area contributed by atoms with Gasteiger partial charge in [-0.1, -0.05) is 0 Å². The molecular weight excluding hydrogens is 298 g/mol. The molecule has 2 aliphatic rings. The molecule has 4 nitrogen and oxygen atoms in total. The van der Waals surface area contributed by atoms with Gasteiger partial charge in [0.25, 0.3) is 0 Å². The van der Waals surface area contributed by atoms with Crippen molar-refractivity contribution in [3.63, 3.8) is 0 Å². The van der Waals surface area contributed by atoms with Crippen molar-refractivity contribution in [1.29, 1.82) is 0 Å². The van der Waals surface area contributed by atoms with Gasteiger partial charge < -0.3 is 9.47 Å². The highest BCUT2D eigenvalue weighted by Gasteiger charge is 2.34. The molecule has 5 heteroatoms. The molecule has 1 aromatic carbocycles. The summed E-state index contributed by atoms with van der Waals surface area (Å²) in [6, 6.07) is 0. The summed E-state index contributed by atoms with van der Waals surface area (Å²) in [7, 11) is 0. The molecule has 98 valence electrons. The first-order chi connectivity index (χ1) is 8.61. The molecule has 0 radical (unpaired) electrons. The quantitative estimate of drug-likeness (QED) is 0.852. The number of nitrogens with two attached hydrogens (primary N) is 1. The van der Waals surface area contributed by atoms with E-state index in [-0.39, 0.29) is 12.2 Å². The minimum atomic E-state index is 0.188. The molecule has 0 saturated carbocycles. The van der Waals surface area contributed by atoms with E-state index in [0.717, 1.165) is 39.9 Å². The van der Waals surface area contributed by atoms with Crippen LogP contribution < -0.4 is 15.4 Å². The van der Waals surface area contributed by atoms with Crippen molar-refractivity contribution in [2.75, 3.05) is 0 Å². The van der Waals surface area contributed by atoms with Crippen LogP contribution >= 0.6 is 15.9 Å². The Morgan fingerprint density at radius 2 is 1.78 bits per heavy atom. The fourth-order valence-electron chi connectivity index (χ4n) is 2.79. The maximum atomic E-state index is 5.91. The molecule has 0 amide bonds. The zero-order chi connectivity index (χ0) is 12.9. The lowest BCUT2D eigenvalue weighted by Crippen LogP contribution is -2.09. The van der Waals surface area contributed by atoms with Gasteiger partial charge in [-0.15, -0.1) is 0 Å². The monoisotopic (exact) mass is 313 g/mol. The van der Waals surface area contributed by atoms with Gasteiger partial charge in [-0.2, -0.15) is 0 Å². The summed E-state index contributed by atoms with van der Waals surface area (Å²) in [4.78, 5) is 4.84. The molecule has 2 N–H and O–H groups in total. The Morgan fingerprint density at radius 1 is 1.17 bits per heavy atom. The Morgan fingerprint density at radius 3 is 2.44 bits per heavy atom. The van der Waals surface area contributed by atoms with Gasteiger partial charge >= 0.3 is 0 Å². The highest BCUT2D eigenvalue weighted by molar-refractivity contribution is 9.10. The number of rotatable bonds is 2. The topological polar surface area (TPSA) is 53.7 Å². The van der Waals surface area contributed by atoms with Crippen molar-refractivity contribution in [3.8, 4) is 11.5 Å². The number of ether oxygens (including phenoxy) is 2. The van der Waals surface area contributed by atoms with Gasteiger partial charge in [-0.3, -0.25) is 4.84 Å². The van der Waals surface area contributed by atoms with Crippen molar-refractivity contribution in [3.05, 3.63) is 21.2 Å². The van der Waals surface area contributed by atoms with Crippen LogP contribution in [-0.4, -0.2) is 12.2 Å². The van der Waals surface area contributed by atoms with E-state index in [1.807, 2.05) is 0 Å². The van der Waals surface area contributed by atoms with E-state index < -0.39 is 0 Å². The average Bonchev–Trinajstić information content (AvgIpc) is 2.88. The summed E-state index contributed by atoms with van der Waals surface area (Å²) in [5.74, 6) is 7.11.